The number of carboxylic acids is 1. The Kier molecular flexibility index (Phi) is 4.14. The van der Waals surface area contributed by atoms with Crippen molar-refractivity contribution in [2.45, 2.75) is 25.9 Å². The monoisotopic (exact) mass is 279 g/mol. The molecule has 1 aliphatic heterocycles. The predicted molar refractivity (Wildman–Crippen MR) is 75.1 cm³/mol. The second-order valence-corrected chi connectivity index (χ2v) is 5.24. The summed E-state index contributed by atoms with van der Waals surface area (Å²) in [6.45, 7) is 2.14. The number of benzene rings is 1. The van der Waals surface area contributed by atoms with E-state index >= 15 is 0 Å². The average Bonchev–Trinajstić information content (AvgIpc) is 2.44. The molecule has 0 spiro atoms. The molecule has 0 radical (unpaired) electrons. The van der Waals surface area contributed by atoms with Gasteiger partial charge in [0.05, 0.1) is 0 Å². The van der Waals surface area contributed by atoms with Gasteiger partial charge in [0.15, 0.2) is 0 Å². The van der Waals surface area contributed by atoms with Gasteiger partial charge in [-0.25, -0.2) is 4.79 Å². The van der Waals surface area contributed by atoms with Gasteiger partial charge in [0.25, 0.3) is 0 Å². The summed E-state index contributed by atoms with van der Waals surface area (Å²) in [6, 6.07) is 6.90. The fourth-order valence-corrected chi connectivity index (χ4v) is 2.49. The van der Waals surface area contributed by atoms with Crippen molar-refractivity contribution in [2.75, 3.05) is 5.75 Å². The standard InChI is InChI=1S/C14H17NO3S/c1-9(8-19)13(16)15-7-11-5-3-2-4-10(11)6-12(15)14(17)18/h2-5,9,12,19H,6-8H2,1H3,(H,17,18)/t9-,12-/m0/s1. The van der Waals surface area contributed by atoms with Crippen LogP contribution in [0.15, 0.2) is 24.3 Å². The summed E-state index contributed by atoms with van der Waals surface area (Å²) >= 11 is 4.12. The van der Waals surface area contributed by atoms with Crippen molar-refractivity contribution in [3.63, 3.8) is 0 Å². The van der Waals surface area contributed by atoms with Crippen molar-refractivity contribution in [1.82, 2.24) is 4.90 Å². The number of rotatable bonds is 3. The van der Waals surface area contributed by atoms with E-state index in [2.05, 4.69) is 12.6 Å². The highest BCUT2D eigenvalue weighted by Crippen LogP contribution is 2.25. The number of hydrogen-bond donors (Lipinski definition) is 2. The summed E-state index contributed by atoms with van der Waals surface area (Å²) in [5.74, 6) is -0.940. The molecule has 0 saturated heterocycles. The smallest absolute Gasteiger partial charge is 0.326 e. The summed E-state index contributed by atoms with van der Waals surface area (Å²) in [7, 11) is 0. The lowest BCUT2D eigenvalue weighted by molar-refractivity contribution is -0.152. The number of aliphatic carboxylic acids is 1. The number of carbonyl (C=O) groups is 2. The molecule has 102 valence electrons. The van der Waals surface area contributed by atoms with Crippen LogP contribution in [0.5, 0.6) is 0 Å². The minimum absolute atomic E-state index is 0.142. The molecule has 4 nitrogen and oxygen atoms in total. The zero-order chi connectivity index (χ0) is 14.0. The van der Waals surface area contributed by atoms with E-state index in [9.17, 15) is 14.7 Å². The Morgan fingerprint density at radius 3 is 2.63 bits per heavy atom. The first-order chi connectivity index (χ1) is 9.04. The van der Waals surface area contributed by atoms with Crippen molar-refractivity contribution in [2.24, 2.45) is 5.92 Å². The molecule has 1 aromatic carbocycles. The lowest BCUT2D eigenvalue weighted by Crippen LogP contribution is -2.50. The summed E-state index contributed by atoms with van der Waals surface area (Å²) in [6.07, 6.45) is 0.372. The van der Waals surface area contributed by atoms with E-state index < -0.39 is 12.0 Å². The van der Waals surface area contributed by atoms with Gasteiger partial charge in [0.1, 0.15) is 6.04 Å². The molecule has 0 aliphatic carbocycles. The van der Waals surface area contributed by atoms with Crippen molar-refractivity contribution in [3.8, 4) is 0 Å². The maximum absolute atomic E-state index is 12.3. The van der Waals surface area contributed by atoms with Crippen LogP contribution in [-0.2, 0) is 22.6 Å². The van der Waals surface area contributed by atoms with Gasteiger partial charge in [-0.3, -0.25) is 4.79 Å². The van der Waals surface area contributed by atoms with Gasteiger partial charge >= 0.3 is 5.97 Å². The van der Waals surface area contributed by atoms with Crippen molar-refractivity contribution < 1.29 is 14.7 Å². The number of carboxylic acid groups (broad SMARTS) is 1. The van der Waals surface area contributed by atoms with Crippen molar-refractivity contribution >= 4 is 24.5 Å². The number of amides is 1. The molecule has 0 unspecified atom stereocenters. The van der Waals surface area contributed by atoms with Gasteiger partial charge in [-0.05, 0) is 11.1 Å². The normalized spacial score (nSPS) is 19.7. The molecule has 1 aliphatic rings. The van der Waals surface area contributed by atoms with Crippen LogP contribution >= 0.6 is 12.6 Å². The second kappa shape index (κ2) is 5.65. The number of thiol groups is 1. The Labute approximate surface area is 117 Å². The molecule has 0 fully saturated rings. The Morgan fingerprint density at radius 1 is 1.42 bits per heavy atom. The lowest BCUT2D eigenvalue weighted by atomic mass is 9.93. The molecule has 1 heterocycles. The molecule has 0 aromatic heterocycles. The van der Waals surface area contributed by atoms with E-state index in [4.69, 9.17) is 0 Å². The summed E-state index contributed by atoms with van der Waals surface area (Å²) in [5.41, 5.74) is 2.04. The molecule has 1 aromatic rings. The van der Waals surface area contributed by atoms with Crippen molar-refractivity contribution in [3.05, 3.63) is 35.4 Å². The van der Waals surface area contributed by atoms with Crippen LogP contribution in [0.1, 0.15) is 18.1 Å². The van der Waals surface area contributed by atoms with Crippen LogP contribution in [0.25, 0.3) is 0 Å². The van der Waals surface area contributed by atoms with E-state index in [0.29, 0.717) is 18.7 Å². The van der Waals surface area contributed by atoms with E-state index in [0.717, 1.165) is 11.1 Å². The van der Waals surface area contributed by atoms with Gasteiger partial charge < -0.3 is 10.0 Å². The fraction of sp³-hybridized carbons (Fsp3) is 0.429. The summed E-state index contributed by atoms with van der Waals surface area (Å²) in [4.78, 5) is 25.1. The van der Waals surface area contributed by atoms with Crippen LogP contribution in [0.4, 0.5) is 0 Å². The van der Waals surface area contributed by atoms with E-state index in [1.165, 1.54) is 4.90 Å². The summed E-state index contributed by atoms with van der Waals surface area (Å²) < 4.78 is 0. The fourth-order valence-electron chi connectivity index (χ4n) is 2.34. The Balaban J connectivity index is 2.31. The van der Waals surface area contributed by atoms with Crippen LogP contribution in [0, 0.1) is 5.92 Å². The number of nitrogens with zero attached hydrogens (tertiary/aromatic N) is 1. The van der Waals surface area contributed by atoms with Crippen LogP contribution in [0.2, 0.25) is 0 Å². The van der Waals surface area contributed by atoms with Crippen LogP contribution in [-0.4, -0.2) is 33.7 Å². The molecule has 0 saturated carbocycles. The Bertz CT molecular complexity index is 503. The molecular formula is C14H17NO3S. The zero-order valence-corrected chi connectivity index (χ0v) is 11.6. The highest BCUT2D eigenvalue weighted by Gasteiger charge is 2.35. The molecular weight excluding hydrogens is 262 g/mol. The molecule has 19 heavy (non-hydrogen) atoms. The van der Waals surface area contributed by atoms with Gasteiger partial charge in [-0.1, -0.05) is 31.2 Å². The predicted octanol–water partition coefficient (Wildman–Crippen LogP) is 1.59. The molecule has 5 heteroatoms. The first-order valence-electron chi connectivity index (χ1n) is 6.25. The van der Waals surface area contributed by atoms with E-state index in [1.807, 2.05) is 24.3 Å². The number of carbonyl (C=O) groups excluding carboxylic acids is 1. The van der Waals surface area contributed by atoms with Gasteiger partial charge in [0, 0.05) is 24.6 Å². The molecule has 0 bridgehead atoms. The topological polar surface area (TPSA) is 57.6 Å². The minimum Gasteiger partial charge on any atom is -0.480 e. The quantitative estimate of drug-likeness (QED) is 0.826. The molecule has 2 atom stereocenters. The minimum atomic E-state index is -0.950. The third-order valence-corrected chi connectivity index (χ3v) is 4.06. The van der Waals surface area contributed by atoms with Crippen LogP contribution in [0.3, 0.4) is 0 Å². The average molecular weight is 279 g/mol. The summed E-state index contributed by atoms with van der Waals surface area (Å²) in [5, 5.41) is 9.32. The zero-order valence-electron chi connectivity index (χ0n) is 10.7. The number of fused-ring (bicyclic) bond motifs is 1. The molecule has 1 amide bonds. The van der Waals surface area contributed by atoms with Crippen LogP contribution < -0.4 is 0 Å². The SMILES string of the molecule is C[C@@H](CS)C(=O)N1Cc2ccccc2C[C@H]1C(=O)O. The van der Waals surface area contributed by atoms with Crippen molar-refractivity contribution in [1.29, 1.82) is 0 Å². The van der Waals surface area contributed by atoms with Gasteiger partial charge in [-0.2, -0.15) is 12.6 Å². The highest BCUT2D eigenvalue weighted by atomic mass is 32.1. The molecule has 1 N–H and O–H groups in total. The third-order valence-electron chi connectivity index (χ3n) is 3.51. The van der Waals surface area contributed by atoms with Gasteiger partial charge in [-0.15, -0.1) is 0 Å². The third kappa shape index (κ3) is 2.76. The van der Waals surface area contributed by atoms with Gasteiger partial charge in [0.2, 0.25) is 5.91 Å². The largest absolute Gasteiger partial charge is 0.480 e. The maximum Gasteiger partial charge on any atom is 0.326 e. The Morgan fingerprint density at radius 2 is 2.05 bits per heavy atom. The Hall–Kier alpha value is -1.49. The van der Waals surface area contributed by atoms with E-state index in [-0.39, 0.29) is 11.8 Å². The second-order valence-electron chi connectivity index (χ2n) is 4.88. The molecule has 2 rings (SSSR count). The van der Waals surface area contributed by atoms with E-state index in [1.54, 1.807) is 6.92 Å². The number of hydrogen-bond acceptors (Lipinski definition) is 3. The first kappa shape index (κ1) is 13.9. The first-order valence-corrected chi connectivity index (χ1v) is 6.88. The maximum atomic E-state index is 12.3. The lowest BCUT2D eigenvalue weighted by Gasteiger charge is -2.35. The highest BCUT2D eigenvalue weighted by molar-refractivity contribution is 7.80.